The molecule has 1 aromatic rings. The fraction of sp³-hybridized carbons (Fsp3) is 0.417. The topological polar surface area (TPSA) is 52.3 Å². The van der Waals surface area contributed by atoms with Crippen molar-refractivity contribution in [1.29, 1.82) is 0 Å². The molecular formula is C12H15NO2. The van der Waals surface area contributed by atoms with Crippen LogP contribution in [0.25, 0.3) is 0 Å². The molecule has 15 heavy (non-hydrogen) atoms. The molecule has 1 aromatic carbocycles. The first-order chi connectivity index (χ1) is 7.24. The first-order valence-corrected chi connectivity index (χ1v) is 5.28. The lowest BCUT2D eigenvalue weighted by molar-refractivity contribution is 0.0525. The number of ether oxygens (including phenoxy) is 1. The van der Waals surface area contributed by atoms with Crippen LogP contribution in [-0.2, 0) is 11.2 Å². The Bertz CT molecular complexity index is 387. The van der Waals surface area contributed by atoms with Gasteiger partial charge in [0.05, 0.1) is 12.2 Å². The van der Waals surface area contributed by atoms with E-state index in [1.807, 2.05) is 25.1 Å². The minimum atomic E-state index is -0.233. The van der Waals surface area contributed by atoms with Crippen molar-refractivity contribution < 1.29 is 9.53 Å². The number of esters is 1. The Kier molecular flexibility index (Phi) is 2.73. The number of hydrogen-bond acceptors (Lipinski definition) is 3. The van der Waals surface area contributed by atoms with Crippen LogP contribution >= 0.6 is 0 Å². The molecule has 3 nitrogen and oxygen atoms in total. The zero-order chi connectivity index (χ0) is 10.8. The molecule has 0 amide bonds. The van der Waals surface area contributed by atoms with E-state index >= 15 is 0 Å². The van der Waals surface area contributed by atoms with Gasteiger partial charge in [-0.05, 0) is 37.0 Å². The van der Waals surface area contributed by atoms with Crippen molar-refractivity contribution in [3.05, 3.63) is 34.9 Å². The molecule has 0 saturated carbocycles. The maximum absolute atomic E-state index is 11.6. The molecule has 0 heterocycles. The number of hydrogen-bond donors (Lipinski definition) is 1. The van der Waals surface area contributed by atoms with Crippen LogP contribution in [0.4, 0.5) is 0 Å². The fourth-order valence-corrected chi connectivity index (χ4v) is 2.09. The molecule has 0 bridgehead atoms. The van der Waals surface area contributed by atoms with Crippen molar-refractivity contribution in [2.75, 3.05) is 6.61 Å². The minimum Gasteiger partial charge on any atom is -0.462 e. The molecule has 3 heteroatoms. The predicted molar refractivity (Wildman–Crippen MR) is 57.6 cm³/mol. The SMILES string of the molecule is CCOC(=O)c1cccc2c1CC[C@H]2N. The van der Waals surface area contributed by atoms with Gasteiger partial charge >= 0.3 is 5.97 Å². The van der Waals surface area contributed by atoms with Crippen LogP contribution in [0.1, 0.15) is 40.9 Å². The summed E-state index contributed by atoms with van der Waals surface area (Å²) in [5, 5.41) is 0. The third-order valence-electron chi connectivity index (χ3n) is 2.81. The number of nitrogens with two attached hydrogens (primary N) is 1. The highest BCUT2D eigenvalue weighted by Gasteiger charge is 2.24. The van der Waals surface area contributed by atoms with Crippen LogP contribution in [0.5, 0.6) is 0 Å². The van der Waals surface area contributed by atoms with E-state index in [-0.39, 0.29) is 12.0 Å². The van der Waals surface area contributed by atoms with Crippen molar-refractivity contribution in [2.45, 2.75) is 25.8 Å². The molecule has 0 fully saturated rings. The fourth-order valence-electron chi connectivity index (χ4n) is 2.09. The van der Waals surface area contributed by atoms with Gasteiger partial charge in [-0.3, -0.25) is 0 Å². The van der Waals surface area contributed by atoms with Crippen LogP contribution in [0.15, 0.2) is 18.2 Å². The van der Waals surface area contributed by atoms with Crippen LogP contribution in [-0.4, -0.2) is 12.6 Å². The van der Waals surface area contributed by atoms with Gasteiger partial charge in [0.25, 0.3) is 0 Å². The lowest BCUT2D eigenvalue weighted by Gasteiger charge is -2.08. The highest BCUT2D eigenvalue weighted by molar-refractivity contribution is 5.91. The quantitative estimate of drug-likeness (QED) is 0.749. The van der Waals surface area contributed by atoms with Gasteiger partial charge in [0, 0.05) is 6.04 Å². The first kappa shape index (κ1) is 10.2. The van der Waals surface area contributed by atoms with Crippen molar-refractivity contribution in [2.24, 2.45) is 5.73 Å². The van der Waals surface area contributed by atoms with E-state index in [1.54, 1.807) is 0 Å². The average molecular weight is 205 g/mol. The van der Waals surface area contributed by atoms with E-state index in [1.165, 1.54) is 0 Å². The molecule has 0 spiro atoms. The van der Waals surface area contributed by atoms with Crippen molar-refractivity contribution >= 4 is 5.97 Å². The summed E-state index contributed by atoms with van der Waals surface area (Å²) in [5.41, 5.74) is 8.79. The van der Waals surface area contributed by atoms with Gasteiger partial charge in [-0.15, -0.1) is 0 Å². The Labute approximate surface area is 89.2 Å². The van der Waals surface area contributed by atoms with Gasteiger partial charge < -0.3 is 10.5 Å². The number of benzene rings is 1. The van der Waals surface area contributed by atoms with Gasteiger partial charge in [-0.25, -0.2) is 4.79 Å². The maximum Gasteiger partial charge on any atom is 0.338 e. The molecule has 0 saturated heterocycles. The van der Waals surface area contributed by atoms with Gasteiger partial charge in [0.1, 0.15) is 0 Å². The molecule has 0 radical (unpaired) electrons. The minimum absolute atomic E-state index is 0.0781. The van der Waals surface area contributed by atoms with Gasteiger partial charge in [-0.2, -0.15) is 0 Å². The summed E-state index contributed by atoms with van der Waals surface area (Å²) in [6, 6.07) is 5.76. The molecule has 80 valence electrons. The Morgan fingerprint density at radius 2 is 2.40 bits per heavy atom. The van der Waals surface area contributed by atoms with Crippen LogP contribution in [0, 0.1) is 0 Å². The van der Waals surface area contributed by atoms with Gasteiger partial charge in [0.15, 0.2) is 0 Å². The summed E-state index contributed by atoms with van der Waals surface area (Å²) in [4.78, 5) is 11.6. The van der Waals surface area contributed by atoms with E-state index in [0.29, 0.717) is 12.2 Å². The molecule has 1 atom stereocenters. The highest BCUT2D eigenvalue weighted by atomic mass is 16.5. The van der Waals surface area contributed by atoms with Gasteiger partial charge in [-0.1, -0.05) is 12.1 Å². The van der Waals surface area contributed by atoms with E-state index in [4.69, 9.17) is 10.5 Å². The lowest BCUT2D eigenvalue weighted by atomic mass is 10.0. The third kappa shape index (κ3) is 1.75. The Balaban J connectivity index is 2.38. The molecule has 0 aliphatic heterocycles. The summed E-state index contributed by atoms with van der Waals surface area (Å²) >= 11 is 0. The largest absolute Gasteiger partial charge is 0.462 e. The summed E-state index contributed by atoms with van der Waals surface area (Å²) < 4.78 is 5.01. The average Bonchev–Trinajstić information content (AvgIpc) is 2.61. The maximum atomic E-state index is 11.6. The first-order valence-electron chi connectivity index (χ1n) is 5.28. The van der Waals surface area contributed by atoms with E-state index < -0.39 is 0 Å². The highest BCUT2D eigenvalue weighted by Crippen LogP contribution is 2.31. The molecule has 2 N–H and O–H groups in total. The Hall–Kier alpha value is -1.35. The second-order valence-corrected chi connectivity index (χ2v) is 3.74. The van der Waals surface area contributed by atoms with Crippen LogP contribution < -0.4 is 5.73 Å². The Morgan fingerprint density at radius 1 is 1.60 bits per heavy atom. The molecule has 0 aromatic heterocycles. The second-order valence-electron chi connectivity index (χ2n) is 3.74. The summed E-state index contributed by atoms with van der Waals surface area (Å²) in [5.74, 6) is -0.233. The molecule has 1 aliphatic rings. The standard InChI is InChI=1S/C12H15NO2/c1-2-15-12(14)10-5-3-4-9-8(10)6-7-11(9)13/h3-5,11H,2,6-7,13H2,1H3/t11-/m1/s1. The van der Waals surface area contributed by atoms with E-state index in [2.05, 4.69) is 0 Å². The second kappa shape index (κ2) is 4.03. The summed E-state index contributed by atoms with van der Waals surface area (Å²) in [6.45, 7) is 2.22. The van der Waals surface area contributed by atoms with Crippen molar-refractivity contribution in [1.82, 2.24) is 0 Å². The zero-order valence-corrected chi connectivity index (χ0v) is 8.82. The van der Waals surface area contributed by atoms with Crippen molar-refractivity contribution in [3.8, 4) is 0 Å². The van der Waals surface area contributed by atoms with E-state index in [9.17, 15) is 4.79 Å². The molecule has 0 unspecified atom stereocenters. The van der Waals surface area contributed by atoms with Crippen molar-refractivity contribution in [3.63, 3.8) is 0 Å². The predicted octanol–water partition coefficient (Wildman–Crippen LogP) is 1.81. The number of carbonyl (C=O) groups excluding carboxylic acids is 1. The number of fused-ring (bicyclic) bond motifs is 1. The molecule has 2 rings (SSSR count). The molecule has 1 aliphatic carbocycles. The summed E-state index contributed by atoms with van der Waals surface area (Å²) in [7, 11) is 0. The van der Waals surface area contributed by atoms with E-state index in [0.717, 1.165) is 24.0 Å². The Morgan fingerprint density at radius 3 is 3.13 bits per heavy atom. The summed E-state index contributed by atoms with van der Waals surface area (Å²) in [6.07, 6.45) is 1.80. The smallest absolute Gasteiger partial charge is 0.338 e. The number of rotatable bonds is 2. The van der Waals surface area contributed by atoms with Crippen LogP contribution in [0.2, 0.25) is 0 Å². The van der Waals surface area contributed by atoms with Crippen LogP contribution in [0.3, 0.4) is 0 Å². The normalized spacial score (nSPS) is 18.7. The monoisotopic (exact) mass is 205 g/mol. The molecular weight excluding hydrogens is 190 g/mol. The number of carbonyl (C=O) groups is 1. The lowest BCUT2D eigenvalue weighted by Crippen LogP contribution is -2.09. The third-order valence-corrected chi connectivity index (χ3v) is 2.81. The zero-order valence-electron chi connectivity index (χ0n) is 8.82. The van der Waals surface area contributed by atoms with Gasteiger partial charge in [0.2, 0.25) is 0 Å².